The second-order valence-corrected chi connectivity index (χ2v) is 11.7. The second-order valence-electron chi connectivity index (χ2n) is 11.3. The molecule has 0 aromatic heterocycles. The number of benzene rings is 2. The minimum absolute atomic E-state index is 0.196. The third kappa shape index (κ3) is 7.20. The highest BCUT2D eigenvalue weighted by atomic mass is 35.5. The number of carbonyl (C=O) groups excluding carboxylic acids is 2. The highest BCUT2D eigenvalue weighted by Gasteiger charge is 2.45. The van der Waals surface area contributed by atoms with E-state index in [1.165, 1.54) is 0 Å². The number of nitrogens with two attached hydrogens (primary N) is 1. The molecule has 2 heterocycles. The number of nitrogens with one attached hydrogen (secondary N) is 1. The number of nitrogens with zero attached hydrogens (tertiary/aromatic N) is 2. The maximum atomic E-state index is 14.0. The summed E-state index contributed by atoms with van der Waals surface area (Å²) in [7, 11) is 0. The van der Waals surface area contributed by atoms with Crippen LogP contribution in [0.2, 0.25) is 5.02 Å². The number of likely N-dealkylation sites (tertiary alicyclic amines) is 1. The normalized spacial score (nSPS) is 22.4. The predicted molar refractivity (Wildman–Crippen MR) is 154 cm³/mol. The first kappa shape index (κ1) is 30.0. The van der Waals surface area contributed by atoms with Crippen molar-refractivity contribution in [1.29, 1.82) is 0 Å². The van der Waals surface area contributed by atoms with E-state index in [2.05, 4.69) is 5.32 Å². The number of aliphatic hydroxyl groups is 1. The van der Waals surface area contributed by atoms with Crippen molar-refractivity contribution in [2.75, 3.05) is 19.8 Å². The van der Waals surface area contributed by atoms with Crippen LogP contribution in [0.1, 0.15) is 44.7 Å². The van der Waals surface area contributed by atoms with E-state index >= 15 is 0 Å². The van der Waals surface area contributed by atoms with Crippen LogP contribution >= 0.6 is 11.6 Å². The molecule has 10 heteroatoms. The van der Waals surface area contributed by atoms with Crippen LogP contribution in [0.4, 0.5) is 0 Å². The van der Waals surface area contributed by atoms with Gasteiger partial charge in [0.15, 0.2) is 0 Å². The molecular weight excluding hydrogens is 532 g/mol. The molecule has 216 valence electrons. The van der Waals surface area contributed by atoms with Crippen molar-refractivity contribution in [3.8, 4) is 0 Å². The van der Waals surface area contributed by atoms with Crippen LogP contribution in [-0.4, -0.2) is 76.7 Å². The van der Waals surface area contributed by atoms with Gasteiger partial charge in [0.2, 0.25) is 17.7 Å². The van der Waals surface area contributed by atoms with Crippen molar-refractivity contribution in [1.82, 2.24) is 10.2 Å². The number of hydrogen-bond donors (Lipinski definition) is 3. The van der Waals surface area contributed by atoms with Gasteiger partial charge < -0.3 is 30.5 Å². The molecule has 2 aliphatic heterocycles. The maximum Gasteiger partial charge on any atom is 0.248 e. The van der Waals surface area contributed by atoms with Crippen LogP contribution in [0, 0.1) is 0 Å². The van der Waals surface area contributed by atoms with Crippen molar-refractivity contribution in [3.05, 3.63) is 70.7 Å². The SMILES string of the molecule is C[C@@H](OCc1ccccc1)[C@H](NC(=O)C(C)(C)N)C(=O)N1CCC[C@H]1C1=N[C@](CO)(Cc2cccc(Cl)c2)CO1. The topological polar surface area (TPSA) is 126 Å². The summed E-state index contributed by atoms with van der Waals surface area (Å²) in [5.74, 6) is -0.320. The highest BCUT2D eigenvalue weighted by Crippen LogP contribution is 2.30. The lowest BCUT2D eigenvalue weighted by molar-refractivity contribution is -0.142. The monoisotopic (exact) mass is 570 g/mol. The Bertz CT molecular complexity index is 1220. The van der Waals surface area contributed by atoms with Gasteiger partial charge in [-0.25, -0.2) is 4.99 Å². The van der Waals surface area contributed by atoms with E-state index in [1.54, 1.807) is 31.7 Å². The third-order valence-electron chi connectivity index (χ3n) is 7.34. The summed E-state index contributed by atoms with van der Waals surface area (Å²) in [6.07, 6.45) is 1.22. The molecule has 0 spiro atoms. The Kier molecular flexibility index (Phi) is 9.51. The molecular formula is C30H39ClN4O5. The summed E-state index contributed by atoms with van der Waals surface area (Å²) in [5.41, 5.74) is 5.90. The summed E-state index contributed by atoms with van der Waals surface area (Å²) in [4.78, 5) is 33.4. The molecule has 1 saturated heterocycles. The van der Waals surface area contributed by atoms with Gasteiger partial charge in [0, 0.05) is 18.0 Å². The summed E-state index contributed by atoms with van der Waals surface area (Å²) in [6, 6.07) is 15.7. The molecule has 4 atom stereocenters. The lowest BCUT2D eigenvalue weighted by Gasteiger charge is -2.33. The van der Waals surface area contributed by atoms with Gasteiger partial charge in [0.05, 0.1) is 24.9 Å². The molecule has 9 nitrogen and oxygen atoms in total. The van der Waals surface area contributed by atoms with Crippen LogP contribution in [0.15, 0.2) is 59.6 Å². The van der Waals surface area contributed by atoms with Crippen molar-refractivity contribution >= 4 is 29.3 Å². The first-order chi connectivity index (χ1) is 19.0. The summed E-state index contributed by atoms with van der Waals surface area (Å²) < 4.78 is 12.1. The number of ether oxygens (including phenoxy) is 2. The number of amides is 2. The van der Waals surface area contributed by atoms with Gasteiger partial charge in [0.25, 0.3) is 0 Å². The van der Waals surface area contributed by atoms with E-state index in [-0.39, 0.29) is 25.7 Å². The number of hydrogen-bond acceptors (Lipinski definition) is 7. The van der Waals surface area contributed by atoms with Crippen molar-refractivity contribution in [3.63, 3.8) is 0 Å². The van der Waals surface area contributed by atoms with Crippen LogP contribution in [0.25, 0.3) is 0 Å². The van der Waals surface area contributed by atoms with E-state index in [9.17, 15) is 14.7 Å². The fraction of sp³-hybridized carbons (Fsp3) is 0.500. The molecule has 40 heavy (non-hydrogen) atoms. The Balaban J connectivity index is 1.53. The van der Waals surface area contributed by atoms with E-state index in [0.29, 0.717) is 30.3 Å². The fourth-order valence-electron chi connectivity index (χ4n) is 5.00. The third-order valence-corrected chi connectivity index (χ3v) is 7.57. The van der Waals surface area contributed by atoms with Crippen LogP contribution < -0.4 is 11.1 Å². The zero-order valence-electron chi connectivity index (χ0n) is 23.3. The molecule has 2 amide bonds. The Labute approximate surface area is 240 Å². The quantitative estimate of drug-likeness (QED) is 0.381. The summed E-state index contributed by atoms with van der Waals surface area (Å²) in [6.45, 7) is 5.71. The largest absolute Gasteiger partial charge is 0.477 e. The van der Waals surface area contributed by atoms with Gasteiger partial charge in [-0.15, -0.1) is 0 Å². The average molecular weight is 571 g/mol. The lowest BCUT2D eigenvalue weighted by Crippen LogP contribution is -2.60. The highest BCUT2D eigenvalue weighted by molar-refractivity contribution is 6.30. The Morgan fingerprint density at radius 1 is 1.25 bits per heavy atom. The van der Waals surface area contributed by atoms with Gasteiger partial charge in [0.1, 0.15) is 24.2 Å². The van der Waals surface area contributed by atoms with Gasteiger partial charge in [-0.1, -0.05) is 54.1 Å². The van der Waals surface area contributed by atoms with Gasteiger partial charge in [-0.3, -0.25) is 9.59 Å². The summed E-state index contributed by atoms with van der Waals surface area (Å²) >= 11 is 6.16. The number of rotatable bonds is 11. The molecule has 4 rings (SSSR count). The van der Waals surface area contributed by atoms with Gasteiger partial charge >= 0.3 is 0 Å². The smallest absolute Gasteiger partial charge is 0.248 e. The molecule has 2 aromatic rings. The van der Waals surface area contributed by atoms with Crippen LogP contribution in [0.3, 0.4) is 0 Å². The lowest BCUT2D eigenvalue weighted by atomic mass is 9.93. The minimum Gasteiger partial charge on any atom is -0.477 e. The first-order valence-electron chi connectivity index (χ1n) is 13.6. The number of aliphatic hydroxyl groups excluding tert-OH is 1. The molecule has 0 saturated carbocycles. The van der Waals surface area contributed by atoms with E-state index < -0.39 is 35.2 Å². The van der Waals surface area contributed by atoms with Crippen LogP contribution in [0.5, 0.6) is 0 Å². The molecule has 0 aliphatic carbocycles. The molecule has 1 fully saturated rings. The van der Waals surface area contributed by atoms with Crippen molar-refractivity contribution in [2.24, 2.45) is 10.7 Å². The average Bonchev–Trinajstić information content (AvgIpc) is 3.58. The van der Waals surface area contributed by atoms with Crippen molar-refractivity contribution < 1.29 is 24.2 Å². The minimum atomic E-state index is -1.18. The molecule has 2 aromatic carbocycles. The molecule has 0 unspecified atom stereocenters. The van der Waals surface area contributed by atoms with Gasteiger partial charge in [-0.2, -0.15) is 0 Å². The maximum absolute atomic E-state index is 14.0. The number of halogens is 1. The standard InChI is InChI=1S/C30H39ClN4O5/c1-20(39-17-21-9-5-4-6-10-21)25(33-28(38)29(2,3)32)27(37)35-14-8-13-24(35)26-34-30(18-36,19-40-26)16-22-11-7-12-23(31)15-22/h4-7,9-12,15,20,24-25,36H,8,13-14,16-19,32H2,1-3H3,(H,33,38)/t20-,24+,25+,30+/m1/s1. The second kappa shape index (κ2) is 12.7. The molecule has 2 aliphatic rings. The van der Waals surface area contributed by atoms with Crippen molar-refractivity contribution in [2.45, 2.75) is 75.9 Å². The number of carbonyl (C=O) groups is 2. The number of aliphatic imine (C=N–C) groups is 1. The first-order valence-corrected chi connectivity index (χ1v) is 14.0. The Morgan fingerprint density at radius 2 is 1.98 bits per heavy atom. The van der Waals surface area contributed by atoms with E-state index in [4.69, 9.17) is 31.8 Å². The van der Waals surface area contributed by atoms with Gasteiger partial charge in [-0.05, 0) is 56.9 Å². The predicted octanol–water partition coefficient (Wildman–Crippen LogP) is 2.86. The Morgan fingerprint density at radius 3 is 2.65 bits per heavy atom. The zero-order chi connectivity index (χ0) is 28.9. The van der Waals surface area contributed by atoms with Crippen LogP contribution in [-0.2, 0) is 32.1 Å². The zero-order valence-corrected chi connectivity index (χ0v) is 24.1. The Hall–Kier alpha value is -2.98. The molecule has 0 radical (unpaired) electrons. The fourth-order valence-corrected chi connectivity index (χ4v) is 5.22. The van der Waals surface area contributed by atoms with E-state index in [1.807, 2.05) is 48.5 Å². The molecule has 0 bridgehead atoms. The molecule has 4 N–H and O–H groups in total. The van der Waals surface area contributed by atoms with E-state index in [0.717, 1.165) is 17.5 Å². The summed E-state index contributed by atoms with van der Waals surface area (Å²) in [5, 5.41) is 13.7.